The third-order valence-corrected chi connectivity index (χ3v) is 4.06. The molecule has 1 aliphatic rings. The minimum atomic E-state index is -1.25. The Morgan fingerprint density at radius 3 is 2.72 bits per heavy atom. The standard InChI is InChI=1S/C18H18ClNO5/c1-18(22,12-2-7-15-16(8-12)25-11-24-15)10-20-17(21)9-23-14-5-3-13(19)4-6-14/h2-8,22H,9-11H2,1H3,(H,20,21). The van der Waals surface area contributed by atoms with Gasteiger partial charge in [0.15, 0.2) is 18.1 Å². The molecule has 2 aromatic carbocycles. The van der Waals surface area contributed by atoms with Crippen molar-refractivity contribution in [1.29, 1.82) is 0 Å². The highest BCUT2D eigenvalue weighted by Gasteiger charge is 2.26. The summed E-state index contributed by atoms with van der Waals surface area (Å²) in [4.78, 5) is 11.9. The molecule has 0 saturated heterocycles. The summed E-state index contributed by atoms with van der Waals surface area (Å²) >= 11 is 5.79. The first-order valence-corrected chi connectivity index (χ1v) is 8.09. The molecule has 1 unspecified atom stereocenters. The SMILES string of the molecule is CC(O)(CNC(=O)COc1ccc(Cl)cc1)c1ccc2c(c1)OCO2. The van der Waals surface area contributed by atoms with Crippen LogP contribution in [0.15, 0.2) is 42.5 Å². The van der Waals surface area contributed by atoms with Gasteiger partial charge in [-0.1, -0.05) is 17.7 Å². The normalized spacial score (nSPS) is 14.7. The van der Waals surface area contributed by atoms with Gasteiger partial charge in [0, 0.05) is 5.02 Å². The van der Waals surface area contributed by atoms with Crippen molar-refractivity contribution in [3.63, 3.8) is 0 Å². The molecule has 2 aromatic rings. The molecule has 0 bridgehead atoms. The Morgan fingerprint density at radius 1 is 1.24 bits per heavy atom. The molecule has 25 heavy (non-hydrogen) atoms. The van der Waals surface area contributed by atoms with E-state index >= 15 is 0 Å². The van der Waals surface area contributed by atoms with Crippen LogP contribution in [0.5, 0.6) is 17.2 Å². The monoisotopic (exact) mass is 363 g/mol. The second kappa shape index (κ2) is 7.21. The van der Waals surface area contributed by atoms with Crippen molar-refractivity contribution in [2.75, 3.05) is 19.9 Å². The second-order valence-corrected chi connectivity index (χ2v) is 6.30. The number of halogens is 1. The number of rotatable bonds is 6. The van der Waals surface area contributed by atoms with Gasteiger partial charge in [0.25, 0.3) is 5.91 Å². The first kappa shape index (κ1) is 17.4. The molecule has 0 radical (unpaired) electrons. The third kappa shape index (κ3) is 4.35. The van der Waals surface area contributed by atoms with E-state index in [0.717, 1.165) is 0 Å². The zero-order valence-corrected chi connectivity index (χ0v) is 14.4. The van der Waals surface area contributed by atoms with E-state index < -0.39 is 5.60 Å². The molecule has 0 aromatic heterocycles. The number of aliphatic hydroxyl groups is 1. The molecule has 0 fully saturated rings. The van der Waals surface area contributed by atoms with Crippen LogP contribution in [0.4, 0.5) is 0 Å². The number of carbonyl (C=O) groups is 1. The van der Waals surface area contributed by atoms with Crippen LogP contribution in [0.25, 0.3) is 0 Å². The lowest BCUT2D eigenvalue weighted by molar-refractivity contribution is -0.124. The molecule has 0 aliphatic carbocycles. The quantitative estimate of drug-likeness (QED) is 0.824. The van der Waals surface area contributed by atoms with E-state index in [1.165, 1.54) is 0 Å². The zero-order valence-electron chi connectivity index (χ0n) is 13.6. The van der Waals surface area contributed by atoms with E-state index in [2.05, 4.69) is 5.32 Å². The maximum Gasteiger partial charge on any atom is 0.258 e. The maximum absolute atomic E-state index is 11.9. The maximum atomic E-state index is 11.9. The Bertz CT molecular complexity index is 761. The largest absolute Gasteiger partial charge is 0.484 e. The van der Waals surface area contributed by atoms with Gasteiger partial charge in [-0.3, -0.25) is 4.79 Å². The number of carbonyl (C=O) groups excluding carboxylic acids is 1. The number of benzene rings is 2. The molecule has 1 heterocycles. The first-order valence-electron chi connectivity index (χ1n) is 7.72. The fourth-order valence-electron chi connectivity index (χ4n) is 2.34. The van der Waals surface area contributed by atoms with E-state index in [1.54, 1.807) is 49.4 Å². The molecule has 6 nitrogen and oxygen atoms in total. The summed E-state index contributed by atoms with van der Waals surface area (Å²) in [6.45, 7) is 1.67. The number of amides is 1. The summed E-state index contributed by atoms with van der Waals surface area (Å²) in [5, 5.41) is 13.9. The molecule has 132 valence electrons. The van der Waals surface area contributed by atoms with Crippen LogP contribution >= 0.6 is 11.6 Å². The molecule has 0 saturated carbocycles. The van der Waals surface area contributed by atoms with E-state index in [9.17, 15) is 9.90 Å². The summed E-state index contributed by atoms with van der Waals surface area (Å²) in [6, 6.07) is 11.9. The van der Waals surface area contributed by atoms with Crippen LogP contribution in [-0.4, -0.2) is 31.0 Å². The summed E-state index contributed by atoms with van der Waals surface area (Å²) in [6.07, 6.45) is 0. The van der Waals surface area contributed by atoms with Crippen molar-refractivity contribution in [3.8, 4) is 17.2 Å². The van der Waals surface area contributed by atoms with Crippen molar-refractivity contribution >= 4 is 17.5 Å². The molecular weight excluding hydrogens is 346 g/mol. The Balaban J connectivity index is 1.52. The fourth-order valence-corrected chi connectivity index (χ4v) is 2.46. The van der Waals surface area contributed by atoms with Crippen molar-refractivity contribution in [2.45, 2.75) is 12.5 Å². The van der Waals surface area contributed by atoms with Gasteiger partial charge in [-0.05, 0) is 48.9 Å². The van der Waals surface area contributed by atoms with Crippen molar-refractivity contribution in [3.05, 3.63) is 53.1 Å². The lowest BCUT2D eigenvalue weighted by atomic mass is 9.95. The fraction of sp³-hybridized carbons (Fsp3) is 0.278. The highest BCUT2D eigenvalue weighted by Crippen LogP contribution is 2.35. The Labute approximate surface area is 150 Å². The van der Waals surface area contributed by atoms with Gasteiger partial charge in [0.05, 0.1) is 6.54 Å². The van der Waals surface area contributed by atoms with E-state index in [4.69, 9.17) is 25.8 Å². The highest BCUT2D eigenvalue weighted by molar-refractivity contribution is 6.30. The molecule has 1 atom stereocenters. The average molecular weight is 364 g/mol. The number of hydrogen-bond donors (Lipinski definition) is 2. The van der Waals surface area contributed by atoms with E-state index in [-0.39, 0.29) is 25.9 Å². The molecule has 7 heteroatoms. The van der Waals surface area contributed by atoms with Gasteiger partial charge in [0.1, 0.15) is 11.4 Å². The van der Waals surface area contributed by atoms with Crippen LogP contribution in [0.1, 0.15) is 12.5 Å². The van der Waals surface area contributed by atoms with Crippen LogP contribution in [0.2, 0.25) is 5.02 Å². The van der Waals surface area contributed by atoms with Crippen molar-refractivity contribution < 1.29 is 24.1 Å². The Morgan fingerprint density at radius 2 is 1.96 bits per heavy atom. The average Bonchev–Trinajstić information content (AvgIpc) is 3.07. The predicted octanol–water partition coefficient (Wildman–Crippen LogP) is 2.47. The van der Waals surface area contributed by atoms with Gasteiger partial charge in [-0.25, -0.2) is 0 Å². The van der Waals surface area contributed by atoms with Gasteiger partial charge in [-0.2, -0.15) is 0 Å². The smallest absolute Gasteiger partial charge is 0.258 e. The molecule has 1 amide bonds. The topological polar surface area (TPSA) is 77.0 Å². The summed E-state index contributed by atoms with van der Waals surface area (Å²) < 4.78 is 15.9. The minimum Gasteiger partial charge on any atom is -0.484 e. The lowest BCUT2D eigenvalue weighted by Crippen LogP contribution is -2.40. The molecular formula is C18H18ClNO5. The minimum absolute atomic E-state index is 0.0372. The van der Waals surface area contributed by atoms with E-state index in [0.29, 0.717) is 27.8 Å². The Kier molecular flexibility index (Phi) is 5.01. The predicted molar refractivity (Wildman–Crippen MR) is 92.1 cm³/mol. The molecule has 3 rings (SSSR count). The zero-order chi connectivity index (χ0) is 17.9. The van der Waals surface area contributed by atoms with Crippen molar-refractivity contribution in [2.24, 2.45) is 0 Å². The summed E-state index contributed by atoms with van der Waals surface area (Å²) in [7, 11) is 0. The second-order valence-electron chi connectivity index (χ2n) is 5.86. The Hall–Kier alpha value is -2.44. The molecule has 2 N–H and O–H groups in total. The van der Waals surface area contributed by atoms with Crippen molar-refractivity contribution in [1.82, 2.24) is 5.32 Å². The number of ether oxygens (including phenoxy) is 3. The summed E-state index contributed by atoms with van der Waals surface area (Å²) in [5.41, 5.74) is -0.632. The summed E-state index contributed by atoms with van der Waals surface area (Å²) in [5.74, 6) is 1.42. The van der Waals surface area contributed by atoms with E-state index in [1.807, 2.05) is 0 Å². The number of hydrogen-bond acceptors (Lipinski definition) is 5. The van der Waals surface area contributed by atoms with Crippen LogP contribution in [0.3, 0.4) is 0 Å². The number of nitrogens with one attached hydrogen (secondary N) is 1. The third-order valence-electron chi connectivity index (χ3n) is 3.81. The van der Waals surface area contributed by atoms with Crippen LogP contribution < -0.4 is 19.5 Å². The number of fused-ring (bicyclic) bond motifs is 1. The lowest BCUT2D eigenvalue weighted by Gasteiger charge is -2.24. The molecule has 0 spiro atoms. The van der Waals surface area contributed by atoms with Crippen LogP contribution in [-0.2, 0) is 10.4 Å². The highest BCUT2D eigenvalue weighted by atomic mass is 35.5. The molecule has 1 aliphatic heterocycles. The van der Waals surface area contributed by atoms with Gasteiger partial charge >= 0.3 is 0 Å². The van der Waals surface area contributed by atoms with Gasteiger partial charge < -0.3 is 24.6 Å². The van der Waals surface area contributed by atoms with Crippen LogP contribution in [0, 0.1) is 0 Å². The first-order chi connectivity index (χ1) is 11.9. The van der Waals surface area contributed by atoms with Gasteiger partial charge in [0.2, 0.25) is 6.79 Å². The van der Waals surface area contributed by atoms with Gasteiger partial charge in [-0.15, -0.1) is 0 Å².